The summed E-state index contributed by atoms with van der Waals surface area (Å²) >= 11 is 0. The van der Waals surface area contributed by atoms with E-state index in [1.807, 2.05) is 0 Å². The Morgan fingerprint density at radius 2 is 2.21 bits per heavy atom. The van der Waals surface area contributed by atoms with Crippen LogP contribution in [-0.4, -0.2) is 38.5 Å². The average Bonchev–Trinajstić information content (AvgIpc) is 2.71. The van der Waals surface area contributed by atoms with Gasteiger partial charge in [0.15, 0.2) is 0 Å². The minimum Gasteiger partial charge on any atom is -0.379 e. The minimum absolute atomic E-state index is 0.346. The summed E-state index contributed by atoms with van der Waals surface area (Å²) in [7, 11) is 0. The number of hydrogen-bond acceptors (Lipinski definition) is 3. The van der Waals surface area contributed by atoms with E-state index in [9.17, 15) is 0 Å². The minimum atomic E-state index is 0.346. The summed E-state index contributed by atoms with van der Waals surface area (Å²) in [5.74, 6) is 0. The summed E-state index contributed by atoms with van der Waals surface area (Å²) in [4.78, 5) is 0. The highest BCUT2D eigenvalue weighted by molar-refractivity contribution is 4.65. The fraction of sp³-hybridized carbons (Fsp3) is 1.00. The van der Waals surface area contributed by atoms with E-state index in [0.29, 0.717) is 12.1 Å². The Bertz CT molecular complexity index is 127. The molecule has 1 aliphatic rings. The van der Waals surface area contributed by atoms with Crippen molar-refractivity contribution in [2.24, 2.45) is 0 Å². The largest absolute Gasteiger partial charge is 0.379 e. The molecule has 1 N–H and O–H groups in total. The standard InChI is InChI=1S/C11H23NO2/c1-3-10(4-2)12-6-8-14-11-5-7-13-9-11/h10-12H,3-9H2,1-2H3. The molecule has 0 radical (unpaired) electrons. The third kappa shape index (κ3) is 4.40. The zero-order valence-corrected chi connectivity index (χ0v) is 9.42. The van der Waals surface area contributed by atoms with Gasteiger partial charge in [0.2, 0.25) is 0 Å². The highest BCUT2D eigenvalue weighted by atomic mass is 16.5. The predicted octanol–water partition coefficient (Wildman–Crippen LogP) is 1.57. The first-order valence-corrected chi connectivity index (χ1v) is 5.79. The van der Waals surface area contributed by atoms with E-state index >= 15 is 0 Å². The lowest BCUT2D eigenvalue weighted by Crippen LogP contribution is -2.31. The summed E-state index contributed by atoms with van der Waals surface area (Å²) in [5.41, 5.74) is 0. The van der Waals surface area contributed by atoms with Crippen LogP contribution >= 0.6 is 0 Å². The van der Waals surface area contributed by atoms with Crippen LogP contribution in [0.1, 0.15) is 33.1 Å². The zero-order chi connectivity index (χ0) is 10.2. The van der Waals surface area contributed by atoms with E-state index in [1.165, 1.54) is 12.8 Å². The highest BCUT2D eigenvalue weighted by Gasteiger charge is 2.15. The Morgan fingerprint density at radius 1 is 1.43 bits per heavy atom. The summed E-state index contributed by atoms with van der Waals surface area (Å²) in [6.45, 7) is 7.85. The van der Waals surface area contributed by atoms with E-state index < -0.39 is 0 Å². The van der Waals surface area contributed by atoms with Crippen LogP contribution < -0.4 is 5.32 Å². The van der Waals surface area contributed by atoms with Gasteiger partial charge in [-0.3, -0.25) is 0 Å². The summed E-state index contributed by atoms with van der Waals surface area (Å²) in [5, 5.41) is 3.48. The van der Waals surface area contributed by atoms with Gasteiger partial charge >= 0.3 is 0 Å². The average molecular weight is 201 g/mol. The molecule has 0 aromatic heterocycles. The molecule has 0 aromatic carbocycles. The molecular formula is C11H23NO2. The van der Waals surface area contributed by atoms with Crippen molar-refractivity contribution in [2.75, 3.05) is 26.4 Å². The van der Waals surface area contributed by atoms with E-state index in [2.05, 4.69) is 19.2 Å². The number of ether oxygens (including phenoxy) is 2. The number of nitrogens with one attached hydrogen (secondary N) is 1. The molecule has 0 aromatic rings. The van der Waals surface area contributed by atoms with Gasteiger partial charge in [0.25, 0.3) is 0 Å². The maximum atomic E-state index is 5.65. The molecule has 3 nitrogen and oxygen atoms in total. The molecule has 1 rings (SSSR count). The molecule has 0 spiro atoms. The molecule has 1 heterocycles. The van der Waals surface area contributed by atoms with Crippen molar-refractivity contribution in [3.05, 3.63) is 0 Å². The van der Waals surface area contributed by atoms with Crippen molar-refractivity contribution in [3.63, 3.8) is 0 Å². The van der Waals surface area contributed by atoms with E-state index in [4.69, 9.17) is 9.47 Å². The number of hydrogen-bond donors (Lipinski definition) is 1. The van der Waals surface area contributed by atoms with Gasteiger partial charge in [-0.1, -0.05) is 13.8 Å². The molecule has 0 amide bonds. The van der Waals surface area contributed by atoms with Crippen molar-refractivity contribution in [1.29, 1.82) is 0 Å². The third-order valence-electron chi connectivity index (χ3n) is 2.76. The zero-order valence-electron chi connectivity index (χ0n) is 9.42. The second kappa shape index (κ2) is 7.21. The van der Waals surface area contributed by atoms with Crippen LogP contribution in [0.15, 0.2) is 0 Å². The van der Waals surface area contributed by atoms with Crippen LogP contribution in [0.3, 0.4) is 0 Å². The van der Waals surface area contributed by atoms with Crippen molar-refractivity contribution >= 4 is 0 Å². The Labute approximate surface area is 87.2 Å². The quantitative estimate of drug-likeness (QED) is 0.634. The van der Waals surface area contributed by atoms with Crippen LogP contribution in [0.5, 0.6) is 0 Å². The van der Waals surface area contributed by atoms with Crippen LogP contribution in [0, 0.1) is 0 Å². The lowest BCUT2D eigenvalue weighted by Gasteiger charge is -2.15. The van der Waals surface area contributed by atoms with Gasteiger partial charge in [-0.25, -0.2) is 0 Å². The Kier molecular flexibility index (Phi) is 6.15. The molecule has 14 heavy (non-hydrogen) atoms. The summed E-state index contributed by atoms with van der Waals surface area (Å²) < 4.78 is 10.9. The maximum absolute atomic E-state index is 5.65. The van der Waals surface area contributed by atoms with Crippen LogP contribution in [0.4, 0.5) is 0 Å². The SMILES string of the molecule is CCC(CC)NCCOC1CCOC1. The molecule has 1 aliphatic heterocycles. The smallest absolute Gasteiger partial charge is 0.0831 e. The first-order valence-electron chi connectivity index (χ1n) is 5.79. The molecule has 1 unspecified atom stereocenters. The fourth-order valence-electron chi connectivity index (χ4n) is 1.71. The van der Waals surface area contributed by atoms with Crippen molar-refractivity contribution in [1.82, 2.24) is 5.32 Å². The molecule has 0 bridgehead atoms. The van der Waals surface area contributed by atoms with Crippen LogP contribution in [-0.2, 0) is 9.47 Å². The fourth-order valence-corrected chi connectivity index (χ4v) is 1.71. The lowest BCUT2D eigenvalue weighted by molar-refractivity contribution is 0.0434. The van der Waals surface area contributed by atoms with E-state index in [0.717, 1.165) is 32.8 Å². The van der Waals surface area contributed by atoms with E-state index in [1.54, 1.807) is 0 Å². The molecule has 0 aliphatic carbocycles. The molecule has 84 valence electrons. The van der Waals surface area contributed by atoms with Crippen molar-refractivity contribution < 1.29 is 9.47 Å². The van der Waals surface area contributed by atoms with E-state index in [-0.39, 0.29) is 0 Å². The Balaban J connectivity index is 1.92. The van der Waals surface area contributed by atoms with Crippen molar-refractivity contribution in [3.8, 4) is 0 Å². The third-order valence-corrected chi connectivity index (χ3v) is 2.76. The second-order valence-electron chi connectivity index (χ2n) is 3.82. The predicted molar refractivity (Wildman–Crippen MR) is 57.5 cm³/mol. The highest BCUT2D eigenvalue weighted by Crippen LogP contribution is 2.07. The first kappa shape index (κ1) is 12.0. The number of rotatable bonds is 7. The monoisotopic (exact) mass is 201 g/mol. The summed E-state index contributed by atoms with van der Waals surface area (Å²) in [6, 6.07) is 0.651. The lowest BCUT2D eigenvalue weighted by atomic mass is 10.2. The van der Waals surface area contributed by atoms with Gasteiger partial charge in [-0.2, -0.15) is 0 Å². The molecule has 1 fully saturated rings. The van der Waals surface area contributed by atoms with Crippen LogP contribution in [0.25, 0.3) is 0 Å². The van der Waals surface area contributed by atoms with Gasteiger partial charge in [-0.15, -0.1) is 0 Å². The molecule has 1 saturated heterocycles. The van der Waals surface area contributed by atoms with Gasteiger partial charge in [0.05, 0.1) is 19.3 Å². The summed E-state index contributed by atoms with van der Waals surface area (Å²) in [6.07, 6.45) is 3.80. The normalized spacial score (nSPS) is 22.1. The first-order chi connectivity index (χ1) is 6.86. The van der Waals surface area contributed by atoms with Gasteiger partial charge in [-0.05, 0) is 19.3 Å². The van der Waals surface area contributed by atoms with Gasteiger partial charge in [0, 0.05) is 19.2 Å². The Morgan fingerprint density at radius 3 is 2.79 bits per heavy atom. The van der Waals surface area contributed by atoms with Gasteiger partial charge in [0.1, 0.15) is 0 Å². The molecule has 1 atom stereocenters. The van der Waals surface area contributed by atoms with Gasteiger partial charge < -0.3 is 14.8 Å². The maximum Gasteiger partial charge on any atom is 0.0831 e. The molecular weight excluding hydrogens is 178 g/mol. The Hall–Kier alpha value is -0.120. The second-order valence-corrected chi connectivity index (χ2v) is 3.82. The van der Waals surface area contributed by atoms with Crippen LogP contribution in [0.2, 0.25) is 0 Å². The molecule has 0 saturated carbocycles. The molecule has 3 heteroatoms. The topological polar surface area (TPSA) is 30.5 Å². The van der Waals surface area contributed by atoms with Crippen molar-refractivity contribution in [2.45, 2.75) is 45.3 Å².